The highest BCUT2D eigenvalue weighted by molar-refractivity contribution is 9.10. The lowest BCUT2D eigenvalue weighted by Crippen LogP contribution is -2.30. The number of nitrogens with two attached hydrogens (primary N) is 1. The first-order valence-corrected chi connectivity index (χ1v) is 7.12. The van der Waals surface area contributed by atoms with Gasteiger partial charge in [0.15, 0.2) is 0 Å². The lowest BCUT2D eigenvalue weighted by molar-refractivity contribution is 0.274. The van der Waals surface area contributed by atoms with Gasteiger partial charge in [0.1, 0.15) is 0 Å². The quantitative estimate of drug-likeness (QED) is 0.838. The zero-order chi connectivity index (χ0) is 13.5. The molecule has 0 heterocycles. The standard InChI is InChI=1S/C14H24BrN3/c1-17(2)10-11-18(3)9-8-14(16)12-4-6-13(15)7-5-12/h4-7,14H,8-11,16H2,1-3H3. The largest absolute Gasteiger partial charge is 0.324 e. The Morgan fingerprint density at radius 2 is 1.67 bits per heavy atom. The predicted octanol–water partition coefficient (Wildman–Crippen LogP) is 2.33. The molecule has 102 valence electrons. The van der Waals surface area contributed by atoms with Gasteiger partial charge in [-0.05, 0) is 51.8 Å². The second kappa shape index (κ2) is 7.89. The summed E-state index contributed by atoms with van der Waals surface area (Å²) >= 11 is 3.44. The van der Waals surface area contributed by atoms with E-state index < -0.39 is 0 Å². The van der Waals surface area contributed by atoms with Crippen molar-refractivity contribution >= 4 is 15.9 Å². The Labute approximate surface area is 119 Å². The fourth-order valence-corrected chi connectivity index (χ4v) is 1.98. The third-order valence-electron chi connectivity index (χ3n) is 3.05. The Morgan fingerprint density at radius 3 is 2.22 bits per heavy atom. The second-order valence-corrected chi connectivity index (χ2v) is 5.97. The molecule has 0 aliphatic carbocycles. The Bertz CT molecular complexity index is 337. The summed E-state index contributed by atoms with van der Waals surface area (Å²) in [6, 6.07) is 8.40. The highest BCUT2D eigenvalue weighted by Gasteiger charge is 2.07. The monoisotopic (exact) mass is 313 g/mol. The maximum atomic E-state index is 6.20. The van der Waals surface area contributed by atoms with Gasteiger partial charge in [0.25, 0.3) is 0 Å². The molecule has 4 heteroatoms. The maximum Gasteiger partial charge on any atom is 0.0307 e. The van der Waals surface area contributed by atoms with Crippen LogP contribution in [0.5, 0.6) is 0 Å². The van der Waals surface area contributed by atoms with Gasteiger partial charge in [-0.3, -0.25) is 0 Å². The van der Waals surface area contributed by atoms with Crippen molar-refractivity contribution in [3.63, 3.8) is 0 Å². The molecule has 0 radical (unpaired) electrons. The van der Waals surface area contributed by atoms with Crippen LogP contribution in [0.15, 0.2) is 28.7 Å². The summed E-state index contributed by atoms with van der Waals surface area (Å²) in [7, 11) is 6.35. The number of likely N-dealkylation sites (N-methyl/N-ethyl adjacent to an activating group) is 2. The average molecular weight is 314 g/mol. The van der Waals surface area contributed by atoms with Crippen LogP contribution in [0.25, 0.3) is 0 Å². The van der Waals surface area contributed by atoms with Crippen molar-refractivity contribution in [1.82, 2.24) is 9.80 Å². The normalized spacial score (nSPS) is 13.3. The van der Waals surface area contributed by atoms with Gasteiger partial charge in [0.05, 0.1) is 0 Å². The minimum absolute atomic E-state index is 0.125. The van der Waals surface area contributed by atoms with Crippen molar-refractivity contribution in [3.05, 3.63) is 34.3 Å². The molecule has 0 aliphatic heterocycles. The van der Waals surface area contributed by atoms with Crippen LogP contribution in [0.3, 0.4) is 0 Å². The van der Waals surface area contributed by atoms with Crippen LogP contribution < -0.4 is 5.73 Å². The van der Waals surface area contributed by atoms with Crippen molar-refractivity contribution in [2.75, 3.05) is 40.8 Å². The predicted molar refractivity (Wildman–Crippen MR) is 81.7 cm³/mol. The highest BCUT2D eigenvalue weighted by Crippen LogP contribution is 2.17. The molecule has 0 fully saturated rings. The van der Waals surface area contributed by atoms with Gasteiger partial charge < -0.3 is 15.5 Å². The third kappa shape index (κ3) is 5.96. The van der Waals surface area contributed by atoms with Gasteiger partial charge >= 0.3 is 0 Å². The smallest absolute Gasteiger partial charge is 0.0307 e. The highest BCUT2D eigenvalue weighted by atomic mass is 79.9. The van der Waals surface area contributed by atoms with Crippen molar-refractivity contribution in [2.45, 2.75) is 12.5 Å². The summed E-state index contributed by atoms with van der Waals surface area (Å²) in [5, 5.41) is 0. The minimum atomic E-state index is 0.125. The summed E-state index contributed by atoms with van der Waals surface area (Å²) in [5.74, 6) is 0. The van der Waals surface area contributed by atoms with Gasteiger partial charge in [0.2, 0.25) is 0 Å². The SMILES string of the molecule is CN(C)CCN(C)CCC(N)c1ccc(Br)cc1. The molecule has 18 heavy (non-hydrogen) atoms. The van der Waals surface area contributed by atoms with Crippen LogP contribution in [0.1, 0.15) is 18.0 Å². The summed E-state index contributed by atoms with van der Waals surface area (Å²) in [6.45, 7) is 3.20. The molecule has 2 N–H and O–H groups in total. The van der Waals surface area contributed by atoms with Gasteiger partial charge in [-0.1, -0.05) is 28.1 Å². The first-order valence-electron chi connectivity index (χ1n) is 6.33. The summed E-state index contributed by atoms with van der Waals surface area (Å²) in [4.78, 5) is 4.53. The molecule has 0 amide bonds. The number of benzene rings is 1. The van der Waals surface area contributed by atoms with E-state index in [1.807, 2.05) is 12.1 Å². The van der Waals surface area contributed by atoms with E-state index >= 15 is 0 Å². The van der Waals surface area contributed by atoms with Crippen molar-refractivity contribution in [3.8, 4) is 0 Å². The van der Waals surface area contributed by atoms with Crippen LogP contribution in [-0.4, -0.2) is 50.6 Å². The number of halogens is 1. The second-order valence-electron chi connectivity index (χ2n) is 5.05. The molecule has 0 saturated heterocycles. The van der Waals surface area contributed by atoms with Gasteiger partial charge in [-0.15, -0.1) is 0 Å². The van der Waals surface area contributed by atoms with E-state index in [1.165, 1.54) is 5.56 Å². The Balaban J connectivity index is 2.32. The van der Waals surface area contributed by atoms with Crippen molar-refractivity contribution in [1.29, 1.82) is 0 Å². The first kappa shape index (κ1) is 15.6. The van der Waals surface area contributed by atoms with Crippen LogP contribution in [-0.2, 0) is 0 Å². The molecule has 0 saturated carbocycles. The van der Waals surface area contributed by atoms with E-state index in [0.29, 0.717) is 0 Å². The van der Waals surface area contributed by atoms with Crippen LogP contribution in [0.4, 0.5) is 0 Å². The molecule has 0 aromatic heterocycles. The van der Waals surface area contributed by atoms with Crippen molar-refractivity contribution in [2.24, 2.45) is 5.73 Å². The van der Waals surface area contributed by atoms with E-state index in [-0.39, 0.29) is 6.04 Å². The molecule has 3 nitrogen and oxygen atoms in total. The number of nitrogens with zero attached hydrogens (tertiary/aromatic N) is 2. The molecule has 1 atom stereocenters. The molecular formula is C14H24BrN3. The Morgan fingerprint density at radius 1 is 1.06 bits per heavy atom. The van der Waals surface area contributed by atoms with E-state index in [1.54, 1.807) is 0 Å². The van der Waals surface area contributed by atoms with Gasteiger partial charge in [-0.2, -0.15) is 0 Å². The van der Waals surface area contributed by atoms with Crippen LogP contribution >= 0.6 is 15.9 Å². The van der Waals surface area contributed by atoms with Crippen LogP contribution in [0.2, 0.25) is 0 Å². The van der Waals surface area contributed by atoms with E-state index in [0.717, 1.165) is 30.5 Å². The molecule has 1 unspecified atom stereocenters. The zero-order valence-corrected chi connectivity index (χ0v) is 13.2. The zero-order valence-electron chi connectivity index (χ0n) is 11.6. The fourth-order valence-electron chi connectivity index (χ4n) is 1.72. The number of hydrogen-bond acceptors (Lipinski definition) is 3. The molecule has 0 spiro atoms. The van der Waals surface area contributed by atoms with Crippen molar-refractivity contribution < 1.29 is 0 Å². The fraction of sp³-hybridized carbons (Fsp3) is 0.571. The first-order chi connectivity index (χ1) is 8.49. The molecular weight excluding hydrogens is 290 g/mol. The topological polar surface area (TPSA) is 32.5 Å². The Kier molecular flexibility index (Phi) is 6.86. The number of hydrogen-bond donors (Lipinski definition) is 1. The maximum absolute atomic E-state index is 6.20. The van der Waals surface area contributed by atoms with E-state index in [9.17, 15) is 0 Å². The average Bonchev–Trinajstić information content (AvgIpc) is 2.34. The Hall–Kier alpha value is -0.420. The molecule has 1 aromatic carbocycles. The molecule has 0 aliphatic rings. The van der Waals surface area contributed by atoms with Gasteiger partial charge in [0, 0.05) is 23.6 Å². The molecule has 1 rings (SSSR count). The molecule has 0 bridgehead atoms. The lowest BCUT2D eigenvalue weighted by Gasteiger charge is -2.21. The summed E-state index contributed by atoms with van der Waals surface area (Å²) in [6.07, 6.45) is 0.992. The summed E-state index contributed by atoms with van der Waals surface area (Å²) in [5.41, 5.74) is 7.40. The van der Waals surface area contributed by atoms with Gasteiger partial charge in [-0.25, -0.2) is 0 Å². The third-order valence-corrected chi connectivity index (χ3v) is 3.58. The number of rotatable bonds is 7. The molecule has 1 aromatic rings. The minimum Gasteiger partial charge on any atom is -0.324 e. The lowest BCUT2D eigenvalue weighted by atomic mass is 10.0. The van der Waals surface area contributed by atoms with E-state index in [4.69, 9.17) is 5.73 Å². The summed E-state index contributed by atoms with van der Waals surface area (Å²) < 4.78 is 1.10. The van der Waals surface area contributed by atoms with Crippen LogP contribution in [0, 0.1) is 0 Å². The van der Waals surface area contributed by atoms with E-state index in [2.05, 4.69) is 59.0 Å².